The first-order chi connectivity index (χ1) is 8.78. The average Bonchev–Trinajstić information content (AvgIpc) is 2.80. The molecule has 0 heterocycles. The molecule has 0 aliphatic heterocycles. The molecule has 4 aliphatic rings. The molecule has 3 fully saturated rings. The molecule has 0 aromatic rings. The topological polar surface area (TPSA) is 0 Å². The molecule has 0 aromatic carbocycles. The Kier molecular flexibility index (Phi) is 2.53. The minimum absolute atomic E-state index is 0.729. The summed E-state index contributed by atoms with van der Waals surface area (Å²) < 4.78 is 0. The first-order valence-corrected chi connectivity index (χ1v) is 8.22. The van der Waals surface area contributed by atoms with Gasteiger partial charge in [-0.05, 0) is 92.1 Å². The van der Waals surface area contributed by atoms with Crippen LogP contribution in [-0.2, 0) is 0 Å². The van der Waals surface area contributed by atoms with Crippen LogP contribution >= 0.6 is 0 Å². The summed E-state index contributed by atoms with van der Waals surface area (Å²) in [4.78, 5) is 0. The van der Waals surface area contributed by atoms with E-state index in [1.807, 2.05) is 0 Å². The quantitative estimate of drug-likeness (QED) is 0.518. The van der Waals surface area contributed by atoms with Crippen LogP contribution in [0.2, 0.25) is 0 Å². The van der Waals surface area contributed by atoms with E-state index in [2.05, 4.69) is 18.7 Å². The minimum atomic E-state index is 0.729. The third kappa shape index (κ3) is 1.51. The van der Waals surface area contributed by atoms with Gasteiger partial charge in [-0.3, -0.25) is 0 Å². The molecule has 0 saturated heterocycles. The summed E-state index contributed by atoms with van der Waals surface area (Å²) in [7, 11) is 0. The van der Waals surface area contributed by atoms with Crippen molar-refractivity contribution < 1.29 is 0 Å². The van der Waals surface area contributed by atoms with Crippen LogP contribution in [0.15, 0.2) is 17.4 Å². The second-order valence-electron chi connectivity index (χ2n) is 7.62. The molecule has 0 bridgehead atoms. The molecule has 0 unspecified atom stereocenters. The van der Waals surface area contributed by atoms with Gasteiger partial charge in [-0.1, -0.05) is 13.3 Å². The Morgan fingerprint density at radius 3 is 3.00 bits per heavy atom. The zero-order chi connectivity index (χ0) is 12.2. The minimum Gasteiger partial charge on any atom is -0.126 e. The SMILES string of the molecule is C[C@@]12CCC[C@H]1[C@@H]1CCC3=C=CCC[C@@H]3[C@H]1CC2. The van der Waals surface area contributed by atoms with Gasteiger partial charge in [0.05, 0.1) is 0 Å². The van der Waals surface area contributed by atoms with Crippen molar-refractivity contribution in [2.45, 2.75) is 64.7 Å². The van der Waals surface area contributed by atoms with Crippen molar-refractivity contribution >= 4 is 0 Å². The lowest BCUT2D eigenvalue weighted by Gasteiger charge is -2.52. The average molecular weight is 242 g/mol. The number of fused-ring (bicyclic) bond motifs is 5. The highest BCUT2D eigenvalue weighted by atomic mass is 14.6. The molecule has 0 spiro atoms. The number of allylic oxidation sites excluding steroid dienone is 1. The Hall–Kier alpha value is -0.480. The van der Waals surface area contributed by atoms with Crippen molar-refractivity contribution in [2.75, 3.05) is 0 Å². The monoisotopic (exact) mass is 242 g/mol. The summed E-state index contributed by atoms with van der Waals surface area (Å²) in [6.07, 6.45) is 15.5. The van der Waals surface area contributed by atoms with E-state index in [1.165, 1.54) is 51.4 Å². The molecule has 0 nitrogen and oxygen atoms in total. The van der Waals surface area contributed by atoms with E-state index in [9.17, 15) is 0 Å². The maximum atomic E-state index is 3.61. The molecule has 98 valence electrons. The summed E-state index contributed by atoms with van der Waals surface area (Å²) in [5, 5.41) is 0. The Morgan fingerprint density at radius 2 is 2.06 bits per heavy atom. The molecule has 3 saturated carbocycles. The highest BCUT2D eigenvalue weighted by Gasteiger charge is 2.51. The lowest BCUT2D eigenvalue weighted by Crippen LogP contribution is -2.43. The lowest BCUT2D eigenvalue weighted by molar-refractivity contribution is 0.000337. The smallest absolute Gasteiger partial charge is 0.00930 e. The van der Waals surface area contributed by atoms with E-state index in [0.29, 0.717) is 0 Å². The van der Waals surface area contributed by atoms with Crippen LogP contribution in [0.1, 0.15) is 64.7 Å². The predicted molar refractivity (Wildman–Crippen MR) is 75.2 cm³/mol. The van der Waals surface area contributed by atoms with Gasteiger partial charge in [0, 0.05) is 0 Å². The van der Waals surface area contributed by atoms with Crippen molar-refractivity contribution in [3.8, 4) is 0 Å². The molecule has 18 heavy (non-hydrogen) atoms. The fourth-order valence-electron chi connectivity index (χ4n) is 6.02. The maximum absolute atomic E-state index is 3.61. The van der Waals surface area contributed by atoms with E-state index >= 15 is 0 Å². The molecular formula is C18H26. The van der Waals surface area contributed by atoms with E-state index in [4.69, 9.17) is 0 Å². The van der Waals surface area contributed by atoms with Crippen LogP contribution in [0.5, 0.6) is 0 Å². The van der Waals surface area contributed by atoms with Crippen molar-refractivity contribution in [1.82, 2.24) is 0 Å². The van der Waals surface area contributed by atoms with Gasteiger partial charge < -0.3 is 0 Å². The van der Waals surface area contributed by atoms with Gasteiger partial charge in [-0.2, -0.15) is 0 Å². The summed E-state index contributed by atoms with van der Waals surface area (Å²) in [6.45, 7) is 2.60. The van der Waals surface area contributed by atoms with Crippen LogP contribution in [-0.4, -0.2) is 0 Å². The first kappa shape index (κ1) is 11.4. The summed E-state index contributed by atoms with van der Waals surface area (Å²) in [6, 6.07) is 0. The van der Waals surface area contributed by atoms with Crippen LogP contribution in [0, 0.1) is 29.1 Å². The predicted octanol–water partition coefficient (Wildman–Crippen LogP) is 5.10. The van der Waals surface area contributed by atoms with Gasteiger partial charge in [0.15, 0.2) is 0 Å². The lowest BCUT2D eigenvalue weighted by atomic mass is 9.53. The van der Waals surface area contributed by atoms with Crippen LogP contribution in [0.25, 0.3) is 0 Å². The zero-order valence-corrected chi connectivity index (χ0v) is 11.8. The maximum Gasteiger partial charge on any atom is -0.00930 e. The Balaban J connectivity index is 1.66. The van der Waals surface area contributed by atoms with E-state index in [0.717, 1.165) is 29.1 Å². The third-order valence-corrected chi connectivity index (χ3v) is 6.89. The van der Waals surface area contributed by atoms with Crippen molar-refractivity contribution in [3.05, 3.63) is 17.4 Å². The normalized spacial score (nSPS) is 50.2. The second-order valence-corrected chi connectivity index (χ2v) is 7.62. The molecule has 0 aromatic heterocycles. The van der Waals surface area contributed by atoms with Gasteiger partial charge in [0.2, 0.25) is 0 Å². The first-order valence-electron chi connectivity index (χ1n) is 8.22. The molecule has 0 heteroatoms. The van der Waals surface area contributed by atoms with Crippen LogP contribution in [0.3, 0.4) is 0 Å². The zero-order valence-electron chi connectivity index (χ0n) is 11.8. The van der Waals surface area contributed by atoms with Crippen molar-refractivity contribution in [3.63, 3.8) is 0 Å². The molecule has 0 radical (unpaired) electrons. The summed E-state index contributed by atoms with van der Waals surface area (Å²) >= 11 is 0. The van der Waals surface area contributed by atoms with Gasteiger partial charge in [-0.25, -0.2) is 0 Å². The fraction of sp³-hybridized carbons (Fsp3) is 0.833. The Morgan fingerprint density at radius 1 is 1.11 bits per heavy atom. The van der Waals surface area contributed by atoms with Crippen molar-refractivity contribution in [2.24, 2.45) is 29.1 Å². The van der Waals surface area contributed by atoms with Crippen LogP contribution in [0.4, 0.5) is 0 Å². The molecule has 4 aliphatic carbocycles. The highest BCUT2D eigenvalue weighted by molar-refractivity contribution is 5.17. The molecule has 0 N–H and O–H groups in total. The molecular weight excluding hydrogens is 216 g/mol. The van der Waals surface area contributed by atoms with Crippen molar-refractivity contribution in [1.29, 1.82) is 0 Å². The molecule has 5 atom stereocenters. The van der Waals surface area contributed by atoms with E-state index in [-0.39, 0.29) is 0 Å². The Labute approximate surface area is 112 Å². The van der Waals surface area contributed by atoms with E-state index < -0.39 is 0 Å². The van der Waals surface area contributed by atoms with Gasteiger partial charge >= 0.3 is 0 Å². The number of hydrogen-bond acceptors (Lipinski definition) is 0. The van der Waals surface area contributed by atoms with Gasteiger partial charge in [0.1, 0.15) is 0 Å². The number of hydrogen-bond donors (Lipinski definition) is 0. The number of rotatable bonds is 0. The van der Waals surface area contributed by atoms with Crippen LogP contribution < -0.4 is 0 Å². The van der Waals surface area contributed by atoms with Gasteiger partial charge in [-0.15, -0.1) is 5.73 Å². The third-order valence-electron chi connectivity index (χ3n) is 6.89. The fourth-order valence-corrected chi connectivity index (χ4v) is 6.02. The molecule has 0 amide bonds. The second kappa shape index (κ2) is 4.01. The molecule has 4 rings (SSSR count). The summed E-state index contributed by atoms with van der Waals surface area (Å²) in [5.41, 5.74) is 6.04. The van der Waals surface area contributed by atoms with Gasteiger partial charge in [0.25, 0.3) is 0 Å². The largest absolute Gasteiger partial charge is 0.126 e. The summed E-state index contributed by atoms with van der Waals surface area (Å²) in [5.74, 6) is 4.11. The Bertz CT molecular complexity index is 412. The standard InChI is InChI=1S/C18H26/c1-18-11-4-7-17(18)16-9-8-13-5-2-3-6-14(13)15(16)10-12-18/h2,14-17H,3-4,6-12H2,1H3/t14-,15+,16+,17-,18-/m0/s1. The highest BCUT2D eigenvalue weighted by Crippen LogP contribution is 2.61. The van der Waals surface area contributed by atoms with E-state index in [1.54, 1.807) is 12.0 Å².